The molecule has 1 unspecified atom stereocenters. The predicted octanol–water partition coefficient (Wildman–Crippen LogP) is 4.32. The fourth-order valence-corrected chi connectivity index (χ4v) is 1.64. The Morgan fingerprint density at radius 3 is 2.59 bits per heavy atom. The minimum atomic E-state index is -4.15. The van der Waals surface area contributed by atoms with Crippen molar-refractivity contribution in [3.8, 4) is 0 Å². The molecule has 0 fully saturated rings. The highest BCUT2D eigenvalue weighted by atomic mass is 35.5. The van der Waals surface area contributed by atoms with Gasteiger partial charge in [0.2, 0.25) is 0 Å². The van der Waals surface area contributed by atoms with Gasteiger partial charge in [-0.2, -0.15) is 13.2 Å². The van der Waals surface area contributed by atoms with Crippen molar-refractivity contribution < 1.29 is 17.6 Å². The van der Waals surface area contributed by atoms with Crippen LogP contribution < -0.4 is 5.32 Å². The van der Waals surface area contributed by atoms with Gasteiger partial charge >= 0.3 is 6.18 Å². The first-order chi connectivity index (χ1) is 7.92. The van der Waals surface area contributed by atoms with E-state index in [-0.39, 0.29) is 11.6 Å². The van der Waals surface area contributed by atoms with Crippen molar-refractivity contribution in [1.29, 1.82) is 0 Å². The monoisotopic (exact) mass is 269 g/mol. The summed E-state index contributed by atoms with van der Waals surface area (Å²) in [5.74, 6) is 0.452. The first-order valence-electron chi connectivity index (χ1n) is 5.47. The van der Waals surface area contributed by atoms with E-state index in [0.717, 1.165) is 6.42 Å². The third-order valence-corrected chi connectivity index (χ3v) is 2.50. The van der Waals surface area contributed by atoms with Crippen molar-refractivity contribution >= 4 is 11.6 Å². The van der Waals surface area contributed by atoms with Gasteiger partial charge in [0.05, 0.1) is 6.04 Å². The SMILES string of the molecule is CCCNC(CCC(F)(F)F)c1ccc(Cl)o1. The Morgan fingerprint density at radius 2 is 2.12 bits per heavy atom. The quantitative estimate of drug-likeness (QED) is 0.832. The molecule has 0 aromatic carbocycles. The summed E-state index contributed by atoms with van der Waals surface area (Å²) < 4.78 is 41.7. The van der Waals surface area contributed by atoms with Crippen LogP contribution in [0.4, 0.5) is 13.2 Å². The molecule has 98 valence electrons. The number of hydrogen-bond acceptors (Lipinski definition) is 2. The Balaban J connectivity index is 2.60. The molecule has 0 radical (unpaired) electrons. The zero-order valence-electron chi connectivity index (χ0n) is 9.48. The molecule has 1 N–H and O–H groups in total. The van der Waals surface area contributed by atoms with Crippen LogP contribution in [0.15, 0.2) is 16.5 Å². The Hall–Kier alpha value is -0.680. The fraction of sp³-hybridized carbons (Fsp3) is 0.636. The minimum Gasteiger partial charge on any atom is -0.448 e. The van der Waals surface area contributed by atoms with Crippen molar-refractivity contribution in [2.45, 2.75) is 38.4 Å². The van der Waals surface area contributed by atoms with Crippen LogP contribution in [0.2, 0.25) is 5.22 Å². The predicted molar refractivity (Wildman–Crippen MR) is 60.0 cm³/mol. The van der Waals surface area contributed by atoms with Crippen molar-refractivity contribution in [3.05, 3.63) is 23.1 Å². The Bertz CT molecular complexity index is 338. The molecule has 2 nitrogen and oxygen atoms in total. The molecule has 0 aliphatic carbocycles. The van der Waals surface area contributed by atoms with E-state index in [1.165, 1.54) is 6.07 Å². The van der Waals surface area contributed by atoms with Gasteiger partial charge in [0.1, 0.15) is 5.76 Å². The first kappa shape index (κ1) is 14.4. The molecule has 1 aromatic rings. The average Bonchev–Trinajstić information content (AvgIpc) is 2.63. The van der Waals surface area contributed by atoms with E-state index in [9.17, 15) is 13.2 Å². The molecular weight excluding hydrogens is 255 g/mol. The number of rotatable bonds is 6. The number of nitrogens with one attached hydrogen (secondary N) is 1. The molecular formula is C11H15ClF3NO. The highest BCUT2D eigenvalue weighted by Gasteiger charge is 2.29. The summed E-state index contributed by atoms with van der Waals surface area (Å²) in [7, 11) is 0. The van der Waals surface area contributed by atoms with E-state index in [4.69, 9.17) is 16.0 Å². The lowest BCUT2D eigenvalue weighted by Crippen LogP contribution is -2.23. The molecule has 1 atom stereocenters. The average molecular weight is 270 g/mol. The normalized spacial score (nSPS) is 13.9. The van der Waals surface area contributed by atoms with E-state index in [0.29, 0.717) is 12.3 Å². The zero-order valence-corrected chi connectivity index (χ0v) is 10.2. The summed E-state index contributed by atoms with van der Waals surface area (Å²) in [5.41, 5.74) is 0. The number of hydrogen-bond donors (Lipinski definition) is 1. The van der Waals surface area contributed by atoms with Crippen LogP contribution >= 0.6 is 11.6 Å². The molecule has 1 heterocycles. The van der Waals surface area contributed by atoms with Gasteiger partial charge in [-0.15, -0.1) is 0 Å². The van der Waals surface area contributed by atoms with Gasteiger partial charge in [-0.1, -0.05) is 6.92 Å². The molecule has 0 aliphatic rings. The lowest BCUT2D eigenvalue weighted by Gasteiger charge is -2.17. The van der Waals surface area contributed by atoms with Crippen LogP contribution in [-0.4, -0.2) is 12.7 Å². The third-order valence-electron chi connectivity index (χ3n) is 2.29. The van der Waals surface area contributed by atoms with Crippen LogP contribution in [0.5, 0.6) is 0 Å². The smallest absolute Gasteiger partial charge is 0.389 e. The first-order valence-corrected chi connectivity index (χ1v) is 5.85. The summed E-state index contributed by atoms with van der Waals surface area (Å²) in [6, 6.07) is 2.70. The number of halogens is 4. The lowest BCUT2D eigenvalue weighted by atomic mass is 10.1. The van der Waals surface area contributed by atoms with Crippen molar-refractivity contribution in [1.82, 2.24) is 5.32 Å². The van der Waals surface area contributed by atoms with E-state index in [1.54, 1.807) is 6.07 Å². The minimum absolute atomic E-state index is 0.0483. The maximum Gasteiger partial charge on any atom is 0.389 e. The Labute approximate surface area is 103 Å². The van der Waals surface area contributed by atoms with E-state index < -0.39 is 18.6 Å². The summed E-state index contributed by atoms with van der Waals surface area (Å²) in [6.45, 7) is 2.59. The molecule has 0 saturated carbocycles. The standard InChI is InChI=1S/C11H15ClF3NO/c1-2-7-16-8(5-6-11(13,14)15)9-3-4-10(12)17-9/h3-4,8,16H,2,5-7H2,1H3. The maximum atomic E-state index is 12.2. The Kier molecular flexibility index (Phi) is 5.33. The van der Waals surface area contributed by atoms with E-state index in [1.807, 2.05) is 6.92 Å². The third kappa shape index (κ3) is 5.46. The van der Waals surface area contributed by atoms with Gasteiger partial charge in [-0.05, 0) is 43.1 Å². The molecule has 1 aromatic heterocycles. The lowest BCUT2D eigenvalue weighted by molar-refractivity contribution is -0.136. The van der Waals surface area contributed by atoms with Gasteiger partial charge in [0, 0.05) is 6.42 Å². The molecule has 0 bridgehead atoms. The van der Waals surface area contributed by atoms with Crippen LogP contribution in [-0.2, 0) is 0 Å². The second-order valence-corrected chi connectivity index (χ2v) is 4.17. The maximum absolute atomic E-state index is 12.2. The van der Waals surface area contributed by atoms with Gasteiger partial charge in [-0.25, -0.2) is 0 Å². The second-order valence-electron chi connectivity index (χ2n) is 3.80. The molecule has 0 spiro atoms. The van der Waals surface area contributed by atoms with Gasteiger partial charge < -0.3 is 9.73 Å². The van der Waals surface area contributed by atoms with Crippen LogP contribution in [0, 0.1) is 0 Å². The molecule has 1 rings (SSSR count). The molecule has 0 aliphatic heterocycles. The van der Waals surface area contributed by atoms with E-state index >= 15 is 0 Å². The number of furan rings is 1. The second kappa shape index (κ2) is 6.31. The highest BCUT2D eigenvalue weighted by Crippen LogP contribution is 2.29. The molecule has 0 saturated heterocycles. The van der Waals surface area contributed by atoms with Crippen molar-refractivity contribution in [2.75, 3.05) is 6.54 Å². The topological polar surface area (TPSA) is 25.2 Å². The fourth-order valence-electron chi connectivity index (χ4n) is 1.49. The summed E-state index contributed by atoms with van der Waals surface area (Å²) in [4.78, 5) is 0. The summed E-state index contributed by atoms with van der Waals surface area (Å²) in [6.07, 6.45) is -4.19. The van der Waals surface area contributed by atoms with Crippen LogP contribution in [0.3, 0.4) is 0 Å². The van der Waals surface area contributed by atoms with Crippen molar-refractivity contribution in [2.24, 2.45) is 0 Å². The molecule has 0 amide bonds. The molecule has 17 heavy (non-hydrogen) atoms. The van der Waals surface area contributed by atoms with E-state index in [2.05, 4.69) is 5.32 Å². The van der Waals surface area contributed by atoms with Gasteiger partial charge in [0.25, 0.3) is 0 Å². The molecule has 6 heteroatoms. The van der Waals surface area contributed by atoms with Crippen LogP contribution in [0.25, 0.3) is 0 Å². The Morgan fingerprint density at radius 1 is 1.41 bits per heavy atom. The summed E-state index contributed by atoms with van der Waals surface area (Å²) >= 11 is 5.61. The van der Waals surface area contributed by atoms with Crippen molar-refractivity contribution in [3.63, 3.8) is 0 Å². The highest BCUT2D eigenvalue weighted by molar-refractivity contribution is 6.28. The summed E-state index contributed by atoms with van der Waals surface area (Å²) in [5, 5.41) is 3.21. The van der Waals surface area contributed by atoms with Crippen LogP contribution in [0.1, 0.15) is 38.0 Å². The zero-order chi connectivity index (χ0) is 12.9. The largest absolute Gasteiger partial charge is 0.448 e. The number of alkyl halides is 3. The van der Waals surface area contributed by atoms with Gasteiger partial charge in [-0.3, -0.25) is 0 Å². The van der Waals surface area contributed by atoms with Gasteiger partial charge in [0.15, 0.2) is 5.22 Å².